The van der Waals surface area contributed by atoms with E-state index in [1.54, 1.807) is 6.92 Å². The van der Waals surface area contributed by atoms with Crippen LogP contribution in [0.25, 0.3) is 22.6 Å². The predicted molar refractivity (Wildman–Crippen MR) is 214 cm³/mol. The lowest BCUT2D eigenvalue weighted by molar-refractivity contribution is -0.137. The number of esters is 1. The summed E-state index contributed by atoms with van der Waals surface area (Å²) in [6, 6.07) is 31.1. The number of aromatic nitrogens is 2. The van der Waals surface area contributed by atoms with E-state index < -0.39 is 11.7 Å². The van der Waals surface area contributed by atoms with Gasteiger partial charge in [-0.2, -0.15) is 13.2 Å². The van der Waals surface area contributed by atoms with E-state index in [1.165, 1.54) is 24.4 Å². The predicted octanol–water partition coefficient (Wildman–Crippen LogP) is 9.93. The number of rotatable bonds is 14. The molecule has 0 saturated carbocycles. The lowest BCUT2D eigenvalue weighted by Crippen LogP contribution is -2.35. The molecule has 0 N–H and O–H groups in total. The van der Waals surface area contributed by atoms with Gasteiger partial charge in [0.25, 0.3) is 6.47 Å². The highest BCUT2D eigenvalue weighted by Crippen LogP contribution is 2.35. The smallest absolute Gasteiger partial charge is 0.416 e. The Balaban J connectivity index is 0.00000107. The van der Waals surface area contributed by atoms with Crippen LogP contribution in [0.15, 0.2) is 108 Å². The Labute approximate surface area is 335 Å². The van der Waals surface area contributed by atoms with E-state index in [2.05, 4.69) is 32.8 Å². The van der Waals surface area contributed by atoms with Crippen LogP contribution < -0.4 is 4.74 Å². The summed E-state index contributed by atoms with van der Waals surface area (Å²) in [5.74, 6) is 0.730. The Morgan fingerprint density at radius 1 is 0.914 bits per heavy atom. The van der Waals surface area contributed by atoms with Crippen molar-refractivity contribution in [1.82, 2.24) is 14.9 Å². The van der Waals surface area contributed by atoms with Crippen LogP contribution in [0.5, 0.6) is 5.75 Å². The summed E-state index contributed by atoms with van der Waals surface area (Å²) in [5, 5.41) is 0. The number of pyridine rings is 1. The highest BCUT2D eigenvalue weighted by molar-refractivity contribution is 5.89. The molecule has 0 amide bonds. The van der Waals surface area contributed by atoms with Crippen molar-refractivity contribution in [2.24, 2.45) is 0 Å². The van der Waals surface area contributed by atoms with Crippen molar-refractivity contribution in [1.29, 1.82) is 0 Å². The molecule has 0 spiro atoms. The van der Waals surface area contributed by atoms with Gasteiger partial charge < -0.3 is 18.6 Å². The van der Waals surface area contributed by atoms with Crippen LogP contribution in [0.4, 0.5) is 13.2 Å². The average Bonchev–Trinajstić information content (AvgIpc) is 3.67. The van der Waals surface area contributed by atoms with Crippen molar-refractivity contribution < 1.29 is 41.4 Å². The van der Waals surface area contributed by atoms with Crippen molar-refractivity contribution >= 4 is 23.5 Å². The van der Waals surface area contributed by atoms with E-state index in [-0.39, 0.29) is 23.4 Å². The third-order valence-electron chi connectivity index (χ3n) is 10.1. The molecule has 4 aromatic carbocycles. The van der Waals surface area contributed by atoms with Gasteiger partial charge >= 0.3 is 12.1 Å². The number of ether oxygens (including phenoxy) is 3. The van der Waals surface area contributed by atoms with Crippen molar-refractivity contribution in [3.05, 3.63) is 148 Å². The molecule has 1 unspecified atom stereocenters. The van der Waals surface area contributed by atoms with Gasteiger partial charge in [-0.1, -0.05) is 48.5 Å². The summed E-state index contributed by atoms with van der Waals surface area (Å²) < 4.78 is 60.6. The second-order valence-corrected chi connectivity index (χ2v) is 14.0. The number of hydrogen-bond donors (Lipinski definition) is 0. The summed E-state index contributed by atoms with van der Waals surface area (Å²) in [4.78, 5) is 32.9. The summed E-state index contributed by atoms with van der Waals surface area (Å²) in [5.41, 5.74) is 7.62. The van der Waals surface area contributed by atoms with Crippen LogP contribution in [0.1, 0.15) is 75.4 Å². The molecule has 2 heterocycles. The minimum Gasteiger partial charge on any atom is -0.489 e. The molecule has 9 nitrogen and oxygen atoms in total. The van der Waals surface area contributed by atoms with Crippen LogP contribution in [-0.2, 0) is 46.3 Å². The second kappa shape index (κ2) is 19.4. The number of para-hydroxylation sites is 1. The van der Waals surface area contributed by atoms with Gasteiger partial charge in [0.05, 0.1) is 24.8 Å². The zero-order valence-electron chi connectivity index (χ0n) is 32.8. The van der Waals surface area contributed by atoms with E-state index in [4.69, 9.17) is 18.9 Å². The van der Waals surface area contributed by atoms with Crippen LogP contribution >= 0.6 is 0 Å². The van der Waals surface area contributed by atoms with Crippen LogP contribution in [-0.4, -0.2) is 54.1 Å². The lowest BCUT2D eigenvalue weighted by atomic mass is 9.89. The number of hydrogen-bond acceptors (Lipinski definition) is 9. The van der Waals surface area contributed by atoms with Gasteiger partial charge in [-0.25, -0.2) is 9.78 Å². The number of benzene rings is 4. The normalized spacial score (nSPS) is 13.7. The van der Waals surface area contributed by atoms with Crippen LogP contribution in [0, 0.1) is 6.92 Å². The average molecular weight is 794 g/mol. The van der Waals surface area contributed by atoms with E-state index >= 15 is 0 Å². The number of oxazole rings is 1. The summed E-state index contributed by atoms with van der Waals surface area (Å²) in [6.45, 7) is 6.71. The summed E-state index contributed by atoms with van der Waals surface area (Å²) >= 11 is 0. The highest BCUT2D eigenvalue weighted by Gasteiger charge is 2.31. The van der Waals surface area contributed by atoms with Gasteiger partial charge in [0.15, 0.2) is 5.58 Å². The first-order valence-electron chi connectivity index (χ1n) is 19.3. The molecule has 0 radical (unpaired) electrons. The zero-order chi connectivity index (χ0) is 41.1. The van der Waals surface area contributed by atoms with Crippen LogP contribution in [0.3, 0.4) is 0 Å². The van der Waals surface area contributed by atoms with Gasteiger partial charge in [0.1, 0.15) is 17.9 Å². The molecular weight excluding hydrogens is 748 g/mol. The van der Waals surface area contributed by atoms with Gasteiger partial charge in [-0.15, -0.1) is 0 Å². The Bertz CT molecular complexity index is 2290. The van der Waals surface area contributed by atoms with Gasteiger partial charge in [-0.3, -0.25) is 14.7 Å². The third-order valence-corrected chi connectivity index (χ3v) is 10.1. The van der Waals surface area contributed by atoms with Gasteiger partial charge in [0, 0.05) is 36.1 Å². The first kappa shape index (κ1) is 41.6. The van der Waals surface area contributed by atoms with E-state index in [9.17, 15) is 22.8 Å². The molecular formula is C46H46F3N3O6. The minimum atomic E-state index is -4.45. The summed E-state index contributed by atoms with van der Waals surface area (Å²) in [7, 11) is 1.39. The van der Waals surface area contributed by atoms with Crippen molar-refractivity contribution in [3.63, 3.8) is 0 Å². The Hall–Kier alpha value is -6.01. The molecule has 58 heavy (non-hydrogen) atoms. The number of halogens is 3. The molecule has 0 fully saturated rings. The molecule has 0 bridgehead atoms. The number of fused-ring (bicyclic) bond motifs is 2. The lowest BCUT2D eigenvalue weighted by Gasteiger charge is -2.36. The molecule has 302 valence electrons. The first-order valence-corrected chi connectivity index (χ1v) is 19.3. The fraction of sp³-hybridized carbons (Fsp3) is 0.304. The van der Waals surface area contributed by atoms with Crippen molar-refractivity contribution in [3.8, 4) is 17.2 Å². The molecule has 7 rings (SSSR count). The summed E-state index contributed by atoms with van der Waals surface area (Å²) in [6.07, 6.45) is 0.307. The monoisotopic (exact) mass is 793 g/mol. The Morgan fingerprint density at radius 2 is 1.66 bits per heavy atom. The number of aryl methyl sites for hydroxylation is 2. The maximum Gasteiger partial charge on any atom is 0.416 e. The Morgan fingerprint density at radius 3 is 2.36 bits per heavy atom. The molecule has 6 aromatic rings. The molecule has 0 aliphatic heterocycles. The van der Waals surface area contributed by atoms with Gasteiger partial charge in [-0.05, 0) is 123 Å². The maximum atomic E-state index is 13.2. The fourth-order valence-corrected chi connectivity index (χ4v) is 7.06. The topological polar surface area (TPSA) is 104 Å². The van der Waals surface area contributed by atoms with Crippen molar-refractivity contribution in [2.75, 3.05) is 26.8 Å². The minimum absolute atomic E-state index is 0.158. The molecule has 1 aliphatic carbocycles. The molecule has 2 aromatic heterocycles. The maximum absolute atomic E-state index is 13.2. The second-order valence-electron chi connectivity index (χ2n) is 14.0. The number of nitrogens with zero attached hydrogens (tertiary/aromatic N) is 3. The molecule has 12 heteroatoms. The standard InChI is InChI=1S/C43H40F3N3O4.C3H6O2/c1-28-10-20-35-36(47-28)7-5-8-38(35)49(24-22-29-11-17-33(18-12-29)42(50)51-2)25-23-31-6-3-4-9-39(31)52-27-30-13-15-32(16-14-30)41-48-37-26-34(43(44,45)46)19-21-40(37)53-41;1-2-5-3-4/h3-4,6,9-21,26,38H,5,7-8,22-25,27H2,1-2H3;3H,2H2,1H3. The Kier molecular flexibility index (Phi) is 13.9. The SMILES string of the molecule is CCOC=O.COC(=O)c1ccc(CCN(CCc2ccccc2OCc2ccc(-c3nc4cc(C(F)(F)F)ccc4o3)cc2)C2CCCc3nc(C)ccc32)cc1. The van der Waals surface area contributed by atoms with Gasteiger partial charge in [0.2, 0.25) is 5.89 Å². The third kappa shape index (κ3) is 10.7. The fourth-order valence-electron chi connectivity index (χ4n) is 7.06. The molecule has 0 saturated heterocycles. The number of carbonyl (C=O) groups excluding carboxylic acids is 2. The van der Waals surface area contributed by atoms with E-state index in [0.717, 1.165) is 85.5 Å². The number of carbonyl (C=O) groups is 2. The van der Waals surface area contributed by atoms with Crippen molar-refractivity contribution in [2.45, 2.75) is 64.8 Å². The zero-order valence-corrected chi connectivity index (χ0v) is 32.8. The largest absolute Gasteiger partial charge is 0.489 e. The first-order chi connectivity index (χ1) is 28.1. The highest BCUT2D eigenvalue weighted by atomic mass is 19.4. The number of alkyl halides is 3. The number of methoxy groups -OCH3 is 1. The van der Waals surface area contributed by atoms with Crippen LogP contribution in [0.2, 0.25) is 0 Å². The molecule has 1 aliphatic rings. The molecule has 1 atom stereocenters. The quantitative estimate of drug-likeness (QED) is 0.0788. The van der Waals surface area contributed by atoms with E-state index in [0.29, 0.717) is 36.4 Å². The van der Waals surface area contributed by atoms with E-state index in [1.807, 2.05) is 73.7 Å².